The lowest BCUT2D eigenvalue weighted by Gasteiger charge is -2.29. The molecule has 1 atom stereocenters. The first-order chi connectivity index (χ1) is 14.9. The molecule has 158 valence electrons. The SMILES string of the molecule is OC(Cn1ccc(/C=C/c2ccc(Cl)cc2)c1)(Cn1cncn1)c1ccc(F)cc1F. The van der Waals surface area contributed by atoms with Gasteiger partial charge in [0, 0.05) is 29.0 Å². The molecule has 2 aromatic carbocycles. The molecule has 2 aromatic heterocycles. The van der Waals surface area contributed by atoms with Crippen molar-refractivity contribution in [3.63, 3.8) is 0 Å². The quantitative estimate of drug-likeness (QED) is 0.450. The molecule has 8 heteroatoms. The second kappa shape index (κ2) is 8.83. The van der Waals surface area contributed by atoms with Crippen LogP contribution in [0.15, 0.2) is 73.6 Å². The largest absolute Gasteiger partial charge is 0.381 e. The van der Waals surface area contributed by atoms with Gasteiger partial charge in [0.2, 0.25) is 0 Å². The van der Waals surface area contributed by atoms with Crippen molar-refractivity contribution in [1.29, 1.82) is 0 Å². The van der Waals surface area contributed by atoms with Crippen LogP contribution in [-0.4, -0.2) is 24.4 Å². The minimum absolute atomic E-state index is 0.0173. The maximum Gasteiger partial charge on any atom is 0.137 e. The monoisotopic (exact) mass is 440 g/mol. The highest BCUT2D eigenvalue weighted by atomic mass is 35.5. The predicted octanol–water partition coefficient (Wildman–Crippen LogP) is 4.77. The molecule has 0 aliphatic heterocycles. The summed E-state index contributed by atoms with van der Waals surface area (Å²) in [6.07, 6.45) is 10.3. The molecule has 0 spiro atoms. The molecule has 0 saturated carbocycles. The fraction of sp³-hybridized carbons (Fsp3) is 0.130. The Morgan fingerprint density at radius 3 is 2.48 bits per heavy atom. The van der Waals surface area contributed by atoms with Crippen LogP contribution < -0.4 is 0 Å². The summed E-state index contributed by atoms with van der Waals surface area (Å²) in [5, 5.41) is 16.1. The molecule has 0 bridgehead atoms. The zero-order valence-electron chi connectivity index (χ0n) is 16.4. The van der Waals surface area contributed by atoms with Crippen molar-refractivity contribution in [2.24, 2.45) is 0 Å². The highest BCUT2D eigenvalue weighted by Crippen LogP contribution is 2.29. The Hall–Kier alpha value is -3.29. The minimum Gasteiger partial charge on any atom is -0.381 e. The molecule has 2 heterocycles. The third kappa shape index (κ3) is 5.07. The summed E-state index contributed by atoms with van der Waals surface area (Å²) < 4.78 is 31.1. The van der Waals surface area contributed by atoms with Crippen LogP contribution in [0.2, 0.25) is 5.02 Å². The number of hydrogen-bond donors (Lipinski definition) is 1. The van der Waals surface area contributed by atoms with Crippen LogP contribution >= 0.6 is 11.6 Å². The van der Waals surface area contributed by atoms with Crippen molar-refractivity contribution < 1.29 is 13.9 Å². The van der Waals surface area contributed by atoms with Gasteiger partial charge < -0.3 is 9.67 Å². The molecule has 1 unspecified atom stereocenters. The summed E-state index contributed by atoms with van der Waals surface area (Å²) >= 11 is 5.91. The van der Waals surface area contributed by atoms with Gasteiger partial charge in [-0.15, -0.1) is 0 Å². The summed E-state index contributed by atoms with van der Waals surface area (Å²) in [5.41, 5.74) is 0.198. The van der Waals surface area contributed by atoms with E-state index in [0.717, 1.165) is 23.3 Å². The Labute approximate surface area is 182 Å². The fourth-order valence-electron chi connectivity index (χ4n) is 3.39. The van der Waals surface area contributed by atoms with Gasteiger partial charge in [0.1, 0.15) is 29.9 Å². The van der Waals surface area contributed by atoms with E-state index in [1.807, 2.05) is 48.7 Å². The van der Waals surface area contributed by atoms with Gasteiger partial charge in [0.15, 0.2) is 0 Å². The van der Waals surface area contributed by atoms with Gasteiger partial charge >= 0.3 is 0 Å². The zero-order valence-corrected chi connectivity index (χ0v) is 17.1. The smallest absolute Gasteiger partial charge is 0.137 e. The topological polar surface area (TPSA) is 55.9 Å². The summed E-state index contributed by atoms with van der Waals surface area (Å²) in [5.74, 6) is -1.53. The molecule has 0 aliphatic carbocycles. The van der Waals surface area contributed by atoms with E-state index in [0.29, 0.717) is 5.02 Å². The molecular formula is C23H19ClF2N4O. The maximum absolute atomic E-state index is 14.5. The van der Waals surface area contributed by atoms with Crippen LogP contribution in [0.3, 0.4) is 0 Å². The lowest BCUT2D eigenvalue weighted by Crippen LogP contribution is -2.37. The fourth-order valence-corrected chi connectivity index (χ4v) is 3.52. The standard InChI is InChI=1S/C23H19ClF2N4O/c24-19-5-3-17(4-6-19)1-2-18-9-10-29(12-18)13-23(31,14-30-16-27-15-28-30)21-8-7-20(25)11-22(21)26/h1-12,15-16,31H,13-14H2/b2-1+. The normalized spacial score (nSPS) is 13.5. The first-order valence-corrected chi connectivity index (χ1v) is 9.89. The van der Waals surface area contributed by atoms with Gasteiger partial charge in [-0.1, -0.05) is 42.0 Å². The van der Waals surface area contributed by atoms with Gasteiger partial charge in [-0.3, -0.25) is 0 Å². The van der Waals surface area contributed by atoms with Gasteiger partial charge in [0.25, 0.3) is 0 Å². The average Bonchev–Trinajstić information content (AvgIpc) is 3.39. The molecule has 31 heavy (non-hydrogen) atoms. The number of aromatic nitrogens is 4. The van der Waals surface area contributed by atoms with Gasteiger partial charge in [-0.05, 0) is 35.4 Å². The van der Waals surface area contributed by atoms with Crippen molar-refractivity contribution in [2.75, 3.05) is 0 Å². The van der Waals surface area contributed by atoms with E-state index in [-0.39, 0.29) is 18.7 Å². The van der Waals surface area contributed by atoms with Gasteiger partial charge in [-0.2, -0.15) is 5.10 Å². The van der Waals surface area contributed by atoms with Crippen LogP contribution in [0.5, 0.6) is 0 Å². The molecule has 5 nitrogen and oxygen atoms in total. The van der Waals surface area contributed by atoms with Crippen molar-refractivity contribution in [1.82, 2.24) is 19.3 Å². The first kappa shape index (κ1) is 21.0. The molecule has 0 amide bonds. The summed E-state index contributed by atoms with van der Waals surface area (Å²) in [6, 6.07) is 12.5. The molecule has 0 radical (unpaired) electrons. The van der Waals surface area contributed by atoms with Crippen molar-refractivity contribution in [3.05, 3.63) is 107 Å². The number of halogens is 3. The lowest BCUT2D eigenvalue weighted by atomic mass is 9.92. The molecule has 1 N–H and O–H groups in total. The van der Waals surface area contributed by atoms with E-state index in [9.17, 15) is 13.9 Å². The zero-order chi connectivity index (χ0) is 21.8. The van der Waals surface area contributed by atoms with E-state index < -0.39 is 17.2 Å². The number of rotatable bonds is 7. The Bertz CT molecular complexity index is 1190. The Kier molecular flexibility index (Phi) is 5.97. The van der Waals surface area contributed by atoms with Crippen LogP contribution in [0.1, 0.15) is 16.7 Å². The number of hydrogen-bond acceptors (Lipinski definition) is 3. The number of benzene rings is 2. The Morgan fingerprint density at radius 1 is 1.00 bits per heavy atom. The molecule has 4 rings (SSSR count). The predicted molar refractivity (Wildman–Crippen MR) is 115 cm³/mol. The highest BCUT2D eigenvalue weighted by Gasteiger charge is 2.34. The number of nitrogens with zero attached hydrogens (tertiary/aromatic N) is 4. The Balaban J connectivity index is 1.59. The second-order valence-corrected chi connectivity index (χ2v) is 7.69. The third-order valence-electron chi connectivity index (χ3n) is 4.88. The number of aliphatic hydroxyl groups is 1. The molecule has 0 saturated heterocycles. The second-order valence-electron chi connectivity index (χ2n) is 7.25. The summed E-state index contributed by atoms with van der Waals surface area (Å²) in [6.45, 7) is -0.0200. The van der Waals surface area contributed by atoms with Crippen molar-refractivity contribution >= 4 is 23.8 Å². The van der Waals surface area contributed by atoms with E-state index in [1.165, 1.54) is 23.4 Å². The summed E-state index contributed by atoms with van der Waals surface area (Å²) in [7, 11) is 0. The van der Waals surface area contributed by atoms with E-state index in [2.05, 4.69) is 10.1 Å². The van der Waals surface area contributed by atoms with E-state index in [1.54, 1.807) is 10.8 Å². The van der Waals surface area contributed by atoms with Crippen molar-refractivity contribution in [2.45, 2.75) is 18.7 Å². The van der Waals surface area contributed by atoms with Gasteiger partial charge in [-0.25, -0.2) is 18.4 Å². The van der Waals surface area contributed by atoms with E-state index in [4.69, 9.17) is 11.6 Å². The third-order valence-corrected chi connectivity index (χ3v) is 5.13. The minimum atomic E-state index is -1.68. The summed E-state index contributed by atoms with van der Waals surface area (Å²) in [4.78, 5) is 3.87. The van der Waals surface area contributed by atoms with Gasteiger partial charge in [0.05, 0.1) is 13.1 Å². The molecular weight excluding hydrogens is 422 g/mol. The molecule has 4 aromatic rings. The Morgan fingerprint density at radius 2 is 1.77 bits per heavy atom. The van der Waals surface area contributed by atoms with Crippen LogP contribution in [0.4, 0.5) is 8.78 Å². The van der Waals surface area contributed by atoms with Crippen LogP contribution in [-0.2, 0) is 18.7 Å². The average molecular weight is 441 g/mol. The molecule has 0 fully saturated rings. The van der Waals surface area contributed by atoms with Crippen LogP contribution in [0, 0.1) is 11.6 Å². The van der Waals surface area contributed by atoms with Crippen LogP contribution in [0.25, 0.3) is 12.2 Å². The highest BCUT2D eigenvalue weighted by molar-refractivity contribution is 6.30. The maximum atomic E-state index is 14.5. The molecule has 0 aliphatic rings. The van der Waals surface area contributed by atoms with E-state index >= 15 is 0 Å². The lowest BCUT2D eigenvalue weighted by molar-refractivity contribution is -0.00534. The first-order valence-electron chi connectivity index (χ1n) is 9.51. The van der Waals surface area contributed by atoms with Crippen molar-refractivity contribution in [3.8, 4) is 0 Å².